The Morgan fingerprint density at radius 1 is 1.21 bits per heavy atom. The van der Waals surface area contributed by atoms with E-state index in [0.717, 1.165) is 28.2 Å². The fourth-order valence-corrected chi connectivity index (χ4v) is 3.78. The van der Waals surface area contributed by atoms with Crippen LogP contribution in [0.4, 0.5) is 5.69 Å². The maximum Gasteiger partial charge on any atom is 0.231 e. The molecular formula is C25H23N3O5. The number of carbonyl (C=O) groups is 1. The second kappa shape index (κ2) is 9.12. The van der Waals surface area contributed by atoms with Crippen molar-refractivity contribution in [2.24, 2.45) is 5.92 Å². The maximum atomic E-state index is 13.1. The van der Waals surface area contributed by atoms with Crippen molar-refractivity contribution in [3.63, 3.8) is 0 Å². The second-order valence-corrected chi connectivity index (χ2v) is 7.74. The summed E-state index contributed by atoms with van der Waals surface area (Å²) in [5.41, 5.74) is 3.36. The molecule has 2 N–H and O–H groups in total. The molecule has 1 atom stereocenters. The Morgan fingerprint density at radius 3 is 2.94 bits per heavy atom. The van der Waals surface area contributed by atoms with Gasteiger partial charge in [-0.15, -0.1) is 0 Å². The van der Waals surface area contributed by atoms with Crippen LogP contribution in [0.15, 0.2) is 71.6 Å². The van der Waals surface area contributed by atoms with Crippen molar-refractivity contribution in [3.8, 4) is 28.4 Å². The number of carbonyl (C=O) groups excluding carboxylic acids is 1. The quantitative estimate of drug-likeness (QED) is 0.436. The number of nitrogens with one attached hydrogen (secondary N) is 2. The van der Waals surface area contributed by atoms with Crippen molar-refractivity contribution in [1.82, 2.24) is 10.2 Å². The van der Waals surface area contributed by atoms with Gasteiger partial charge in [0.05, 0.1) is 31.2 Å². The molecule has 0 spiro atoms. The third kappa shape index (κ3) is 4.55. The molecule has 33 heavy (non-hydrogen) atoms. The number of H-pyrrole nitrogens is 1. The molecule has 1 aliphatic rings. The fourth-order valence-electron chi connectivity index (χ4n) is 3.78. The SMILES string of the molecule is COc1ccc2c(c1)CC(C(=O)Nc1ccc(-c3cn[nH]c3)cc1OCc1ccco1)CO2. The molecule has 1 aliphatic heterocycles. The maximum absolute atomic E-state index is 13.1. The Balaban J connectivity index is 1.35. The minimum Gasteiger partial charge on any atom is -0.497 e. The fraction of sp³-hybridized carbons (Fsp3) is 0.200. The van der Waals surface area contributed by atoms with E-state index in [1.165, 1.54) is 0 Å². The summed E-state index contributed by atoms with van der Waals surface area (Å²) < 4.78 is 22.5. The van der Waals surface area contributed by atoms with Crippen molar-refractivity contribution >= 4 is 11.6 Å². The summed E-state index contributed by atoms with van der Waals surface area (Å²) in [4.78, 5) is 13.1. The van der Waals surface area contributed by atoms with E-state index < -0.39 is 0 Å². The van der Waals surface area contributed by atoms with Gasteiger partial charge in [0.2, 0.25) is 5.91 Å². The largest absolute Gasteiger partial charge is 0.497 e. The molecule has 8 heteroatoms. The minimum atomic E-state index is -0.337. The second-order valence-electron chi connectivity index (χ2n) is 7.74. The van der Waals surface area contributed by atoms with E-state index in [-0.39, 0.29) is 18.4 Å². The van der Waals surface area contributed by atoms with E-state index in [2.05, 4.69) is 15.5 Å². The number of hydrogen-bond acceptors (Lipinski definition) is 6. The number of fused-ring (bicyclic) bond motifs is 1. The molecule has 2 aromatic carbocycles. The molecule has 2 aromatic heterocycles. The highest BCUT2D eigenvalue weighted by atomic mass is 16.5. The van der Waals surface area contributed by atoms with Gasteiger partial charge in [-0.2, -0.15) is 5.10 Å². The number of hydrogen-bond donors (Lipinski definition) is 2. The Kier molecular flexibility index (Phi) is 5.72. The van der Waals surface area contributed by atoms with E-state index in [4.69, 9.17) is 18.6 Å². The van der Waals surface area contributed by atoms with Gasteiger partial charge in [0.15, 0.2) is 0 Å². The van der Waals surface area contributed by atoms with Crippen LogP contribution in [0.1, 0.15) is 11.3 Å². The Bertz CT molecular complexity index is 1240. The topological polar surface area (TPSA) is 98.6 Å². The number of aromatic nitrogens is 2. The molecule has 168 valence electrons. The smallest absolute Gasteiger partial charge is 0.231 e. The number of ether oxygens (including phenoxy) is 3. The van der Waals surface area contributed by atoms with Crippen LogP contribution in [-0.2, 0) is 17.8 Å². The summed E-state index contributed by atoms with van der Waals surface area (Å²) in [6.07, 6.45) is 5.69. The Morgan fingerprint density at radius 2 is 2.15 bits per heavy atom. The zero-order valence-electron chi connectivity index (χ0n) is 18.0. The van der Waals surface area contributed by atoms with Gasteiger partial charge >= 0.3 is 0 Å². The first kappa shape index (κ1) is 20.7. The molecule has 1 unspecified atom stereocenters. The summed E-state index contributed by atoms with van der Waals surface area (Å²) >= 11 is 0. The molecule has 5 rings (SSSR count). The van der Waals surface area contributed by atoms with Crippen molar-refractivity contribution in [1.29, 1.82) is 0 Å². The van der Waals surface area contributed by atoms with Crippen LogP contribution < -0.4 is 19.5 Å². The lowest BCUT2D eigenvalue weighted by atomic mass is 9.95. The predicted octanol–water partition coefficient (Wildman–Crippen LogP) is 4.45. The normalized spacial score (nSPS) is 14.8. The van der Waals surface area contributed by atoms with Crippen LogP contribution in [0.3, 0.4) is 0 Å². The number of rotatable bonds is 7. The summed E-state index contributed by atoms with van der Waals surface area (Å²) in [6.45, 7) is 0.547. The number of methoxy groups -OCH3 is 1. The zero-order chi connectivity index (χ0) is 22.6. The Labute approximate surface area is 190 Å². The molecule has 0 fully saturated rings. The van der Waals surface area contributed by atoms with Gasteiger partial charge < -0.3 is 23.9 Å². The van der Waals surface area contributed by atoms with Gasteiger partial charge in [0, 0.05) is 11.8 Å². The van der Waals surface area contributed by atoms with E-state index in [0.29, 0.717) is 30.2 Å². The number of anilines is 1. The number of amides is 1. The lowest BCUT2D eigenvalue weighted by molar-refractivity contribution is -0.121. The minimum absolute atomic E-state index is 0.137. The van der Waals surface area contributed by atoms with Crippen LogP contribution in [0.2, 0.25) is 0 Å². The first-order valence-electron chi connectivity index (χ1n) is 10.6. The summed E-state index contributed by atoms with van der Waals surface area (Å²) in [5.74, 6) is 2.27. The molecule has 0 saturated carbocycles. The summed E-state index contributed by atoms with van der Waals surface area (Å²) in [7, 11) is 1.62. The molecule has 4 aromatic rings. The van der Waals surface area contributed by atoms with Crippen molar-refractivity contribution in [2.45, 2.75) is 13.0 Å². The molecular weight excluding hydrogens is 422 g/mol. The molecule has 8 nitrogen and oxygen atoms in total. The first-order chi connectivity index (χ1) is 16.2. The van der Waals surface area contributed by atoms with Crippen molar-refractivity contribution in [3.05, 3.63) is 78.5 Å². The molecule has 0 aliphatic carbocycles. The average Bonchev–Trinajstić information content (AvgIpc) is 3.57. The van der Waals surface area contributed by atoms with E-state index in [1.807, 2.05) is 42.5 Å². The first-order valence-corrected chi connectivity index (χ1v) is 10.6. The van der Waals surface area contributed by atoms with Gasteiger partial charge in [-0.25, -0.2) is 0 Å². The van der Waals surface area contributed by atoms with Gasteiger partial charge in [-0.05, 0) is 60.0 Å². The molecule has 0 radical (unpaired) electrons. The highest BCUT2D eigenvalue weighted by Gasteiger charge is 2.27. The van der Waals surface area contributed by atoms with E-state index in [1.54, 1.807) is 31.8 Å². The number of furan rings is 1. The van der Waals surface area contributed by atoms with Gasteiger partial charge in [-0.3, -0.25) is 9.89 Å². The third-order valence-corrected chi connectivity index (χ3v) is 5.57. The van der Waals surface area contributed by atoms with Crippen LogP contribution in [0, 0.1) is 5.92 Å². The van der Waals surface area contributed by atoms with E-state index in [9.17, 15) is 4.79 Å². The number of benzene rings is 2. The lowest BCUT2D eigenvalue weighted by Crippen LogP contribution is -2.32. The number of nitrogens with zero attached hydrogens (tertiary/aromatic N) is 1. The third-order valence-electron chi connectivity index (χ3n) is 5.57. The molecule has 0 saturated heterocycles. The molecule has 0 bridgehead atoms. The standard InChI is InChI=1S/C25H23N3O5/c1-30-20-5-7-23-17(10-20)9-18(14-32-23)25(29)28-22-6-4-16(19-12-26-27-13-19)11-24(22)33-15-21-3-2-8-31-21/h2-8,10-13,18H,9,14-15H2,1H3,(H,26,27)(H,28,29). The zero-order valence-corrected chi connectivity index (χ0v) is 18.0. The van der Waals surface area contributed by atoms with Gasteiger partial charge in [0.1, 0.15) is 36.2 Å². The highest BCUT2D eigenvalue weighted by Crippen LogP contribution is 2.34. The van der Waals surface area contributed by atoms with Gasteiger partial charge in [0.25, 0.3) is 0 Å². The number of aromatic amines is 1. The molecule has 3 heterocycles. The highest BCUT2D eigenvalue weighted by molar-refractivity contribution is 5.95. The summed E-state index contributed by atoms with van der Waals surface area (Å²) in [5, 5.41) is 9.83. The average molecular weight is 445 g/mol. The van der Waals surface area contributed by atoms with Crippen molar-refractivity contribution in [2.75, 3.05) is 19.0 Å². The molecule has 1 amide bonds. The predicted molar refractivity (Wildman–Crippen MR) is 121 cm³/mol. The van der Waals surface area contributed by atoms with E-state index >= 15 is 0 Å². The van der Waals surface area contributed by atoms with Gasteiger partial charge in [-0.1, -0.05) is 6.07 Å². The van der Waals surface area contributed by atoms with Crippen molar-refractivity contribution < 1.29 is 23.4 Å². The van der Waals surface area contributed by atoms with Crippen LogP contribution in [0.5, 0.6) is 17.2 Å². The van der Waals surface area contributed by atoms with Crippen LogP contribution in [0.25, 0.3) is 11.1 Å². The van der Waals surface area contributed by atoms with Crippen LogP contribution in [-0.4, -0.2) is 29.8 Å². The monoisotopic (exact) mass is 445 g/mol. The van der Waals surface area contributed by atoms with Crippen LogP contribution >= 0.6 is 0 Å². The lowest BCUT2D eigenvalue weighted by Gasteiger charge is -2.25. The summed E-state index contributed by atoms with van der Waals surface area (Å²) in [6, 6.07) is 14.9. The Hall–Kier alpha value is -4.20.